The van der Waals surface area contributed by atoms with E-state index in [2.05, 4.69) is 27.3 Å². The number of aliphatic hydroxyl groups excluding tert-OH is 1. The molecule has 4 amide bonds. The van der Waals surface area contributed by atoms with Crippen LogP contribution in [0.2, 0.25) is 0 Å². The van der Waals surface area contributed by atoms with E-state index in [9.17, 15) is 19.5 Å². The SMILES string of the molecule is CNC(=O)NCc1ccccc1-c1ccc(CN2C(=O)[C@H](NC(=O)CC(C)(C)NC[C@@H](C)O)CCc3cc(SC)ccc32)cc1. The maximum atomic E-state index is 14.1. The fourth-order valence-electron chi connectivity index (χ4n) is 5.51. The van der Waals surface area contributed by atoms with Gasteiger partial charge in [-0.15, -0.1) is 11.8 Å². The summed E-state index contributed by atoms with van der Waals surface area (Å²) in [6, 6.07) is 21.4. The Bertz CT molecular complexity index is 1490. The third kappa shape index (κ3) is 9.32. The summed E-state index contributed by atoms with van der Waals surface area (Å²) >= 11 is 1.66. The summed E-state index contributed by atoms with van der Waals surface area (Å²) in [5.41, 5.74) is 5.40. The van der Waals surface area contributed by atoms with Crippen LogP contribution in [0.15, 0.2) is 71.6 Å². The van der Waals surface area contributed by atoms with Gasteiger partial charge in [-0.1, -0.05) is 48.5 Å². The van der Waals surface area contributed by atoms with Crippen LogP contribution < -0.4 is 26.2 Å². The number of carbonyl (C=O) groups excluding carboxylic acids is 3. The Hall–Kier alpha value is -3.86. The molecule has 5 N–H and O–H groups in total. The molecule has 0 aliphatic carbocycles. The number of amides is 4. The van der Waals surface area contributed by atoms with Crippen LogP contribution >= 0.6 is 11.8 Å². The van der Waals surface area contributed by atoms with Crippen LogP contribution in [-0.4, -0.2) is 60.5 Å². The van der Waals surface area contributed by atoms with Crippen LogP contribution in [0.1, 0.15) is 50.3 Å². The first kappa shape index (κ1) is 34.0. The molecule has 1 aliphatic rings. The first-order valence-electron chi connectivity index (χ1n) is 15.3. The van der Waals surface area contributed by atoms with Crippen molar-refractivity contribution in [2.24, 2.45) is 0 Å². The number of nitrogens with zero attached hydrogens (tertiary/aromatic N) is 1. The average molecular weight is 632 g/mol. The highest BCUT2D eigenvalue weighted by atomic mass is 32.2. The molecule has 45 heavy (non-hydrogen) atoms. The lowest BCUT2D eigenvalue weighted by molar-refractivity contribution is -0.128. The Morgan fingerprint density at radius 2 is 1.82 bits per heavy atom. The van der Waals surface area contributed by atoms with Gasteiger partial charge in [0.25, 0.3) is 0 Å². The minimum atomic E-state index is -0.658. The molecule has 1 aliphatic heterocycles. The lowest BCUT2D eigenvalue weighted by atomic mass is 9.98. The number of β-amino-alcohol motifs (C(OH)–C–C–N with tert-alkyl or cyclic N) is 1. The van der Waals surface area contributed by atoms with Crippen molar-refractivity contribution in [1.29, 1.82) is 0 Å². The number of thioether (sulfide) groups is 1. The molecule has 0 aromatic heterocycles. The number of carbonyl (C=O) groups is 3. The highest BCUT2D eigenvalue weighted by Crippen LogP contribution is 2.33. The molecule has 3 aromatic rings. The molecule has 0 spiro atoms. The Balaban J connectivity index is 1.55. The highest BCUT2D eigenvalue weighted by Gasteiger charge is 2.33. The number of hydrogen-bond acceptors (Lipinski definition) is 6. The fourth-order valence-corrected chi connectivity index (χ4v) is 5.97. The zero-order valence-electron chi connectivity index (χ0n) is 26.8. The molecular formula is C35H45N5O4S. The molecule has 0 radical (unpaired) electrons. The van der Waals surface area contributed by atoms with Gasteiger partial charge in [0.2, 0.25) is 11.8 Å². The summed E-state index contributed by atoms with van der Waals surface area (Å²) in [4.78, 5) is 41.9. The van der Waals surface area contributed by atoms with Gasteiger partial charge >= 0.3 is 6.03 Å². The number of rotatable bonds is 12. The van der Waals surface area contributed by atoms with Crippen molar-refractivity contribution >= 4 is 35.3 Å². The highest BCUT2D eigenvalue weighted by molar-refractivity contribution is 7.98. The first-order valence-corrected chi connectivity index (χ1v) is 16.6. The average Bonchev–Trinajstić information content (AvgIpc) is 3.15. The molecule has 0 saturated carbocycles. The molecule has 240 valence electrons. The molecular weight excluding hydrogens is 586 g/mol. The van der Waals surface area contributed by atoms with E-state index in [-0.39, 0.29) is 24.3 Å². The minimum absolute atomic E-state index is 0.136. The van der Waals surface area contributed by atoms with E-state index >= 15 is 0 Å². The van der Waals surface area contributed by atoms with E-state index in [1.165, 1.54) is 0 Å². The van der Waals surface area contributed by atoms with Crippen LogP contribution in [-0.2, 0) is 29.1 Å². The van der Waals surface area contributed by atoms with Gasteiger partial charge in [-0.2, -0.15) is 0 Å². The number of fused-ring (bicyclic) bond motifs is 1. The van der Waals surface area contributed by atoms with Gasteiger partial charge < -0.3 is 31.3 Å². The predicted octanol–water partition coefficient (Wildman–Crippen LogP) is 4.61. The number of anilines is 1. The van der Waals surface area contributed by atoms with Gasteiger partial charge in [0.05, 0.1) is 12.6 Å². The minimum Gasteiger partial charge on any atom is -0.392 e. The number of hydrogen-bond donors (Lipinski definition) is 5. The second-order valence-corrected chi connectivity index (χ2v) is 13.0. The molecule has 0 saturated heterocycles. The molecule has 0 bridgehead atoms. The summed E-state index contributed by atoms with van der Waals surface area (Å²) in [5.74, 6) is -0.343. The van der Waals surface area contributed by atoms with Crippen molar-refractivity contribution in [3.05, 3.63) is 83.4 Å². The number of aliphatic hydroxyl groups is 1. The van der Waals surface area contributed by atoms with Crippen LogP contribution in [0.25, 0.3) is 11.1 Å². The number of nitrogens with one attached hydrogen (secondary N) is 4. The molecule has 9 nitrogen and oxygen atoms in total. The van der Waals surface area contributed by atoms with Crippen molar-refractivity contribution in [3.8, 4) is 11.1 Å². The van der Waals surface area contributed by atoms with E-state index < -0.39 is 17.7 Å². The summed E-state index contributed by atoms with van der Waals surface area (Å²) < 4.78 is 0. The van der Waals surface area contributed by atoms with E-state index in [1.54, 1.807) is 30.6 Å². The normalized spacial score (nSPS) is 15.6. The van der Waals surface area contributed by atoms with Crippen molar-refractivity contribution < 1.29 is 19.5 Å². The fraction of sp³-hybridized carbons (Fsp3) is 0.400. The summed E-state index contributed by atoms with van der Waals surface area (Å²) in [7, 11) is 1.59. The molecule has 0 fully saturated rings. The maximum absolute atomic E-state index is 14.1. The largest absolute Gasteiger partial charge is 0.392 e. The standard InChI is InChI=1S/C35H45N5O4S/c1-23(41)20-38-35(2,3)19-32(42)39-30-16-14-26-18-28(45-5)15-17-31(26)40(33(30)43)22-24-10-12-25(13-11-24)29-9-7-6-8-27(29)21-37-34(44)36-4/h6-13,15,17-18,23,30,38,41H,14,16,19-22H2,1-5H3,(H,39,42)(H2,36,37,44)/t23-,30-/m1/s1. The van der Waals surface area contributed by atoms with E-state index in [4.69, 9.17) is 0 Å². The zero-order chi connectivity index (χ0) is 32.6. The summed E-state index contributed by atoms with van der Waals surface area (Å²) in [6.45, 7) is 6.66. The molecule has 1 heterocycles. The van der Waals surface area contributed by atoms with Gasteiger partial charge in [-0.05, 0) is 85.9 Å². The number of urea groups is 1. The monoisotopic (exact) mass is 631 g/mol. The van der Waals surface area contributed by atoms with E-state index in [0.717, 1.165) is 38.4 Å². The van der Waals surface area contributed by atoms with E-state index in [0.29, 0.717) is 32.5 Å². The summed E-state index contributed by atoms with van der Waals surface area (Å²) in [6.07, 6.45) is 2.86. The lowest BCUT2D eigenvalue weighted by Gasteiger charge is -2.29. The Kier molecular flexibility index (Phi) is 11.7. The molecule has 3 aromatic carbocycles. The Morgan fingerprint density at radius 3 is 2.51 bits per heavy atom. The van der Waals surface area contributed by atoms with Crippen LogP contribution in [0.4, 0.5) is 10.5 Å². The molecule has 10 heteroatoms. The van der Waals surface area contributed by atoms with Gasteiger partial charge in [0.15, 0.2) is 0 Å². The topological polar surface area (TPSA) is 123 Å². The van der Waals surface area contributed by atoms with Crippen molar-refractivity contribution in [3.63, 3.8) is 0 Å². The van der Waals surface area contributed by atoms with Gasteiger partial charge in [0.1, 0.15) is 6.04 Å². The van der Waals surface area contributed by atoms with Gasteiger partial charge in [0, 0.05) is 42.7 Å². The van der Waals surface area contributed by atoms with Crippen molar-refractivity contribution in [2.45, 2.75) is 75.7 Å². The lowest BCUT2D eigenvalue weighted by Crippen LogP contribution is -2.51. The van der Waals surface area contributed by atoms with Gasteiger partial charge in [-0.3, -0.25) is 9.59 Å². The molecule has 2 atom stereocenters. The van der Waals surface area contributed by atoms with Gasteiger partial charge in [-0.25, -0.2) is 4.79 Å². The first-order chi connectivity index (χ1) is 21.5. The second-order valence-electron chi connectivity index (χ2n) is 12.2. The predicted molar refractivity (Wildman–Crippen MR) is 181 cm³/mol. The Morgan fingerprint density at radius 1 is 1.09 bits per heavy atom. The van der Waals surface area contributed by atoms with Crippen LogP contribution in [0.5, 0.6) is 0 Å². The quantitative estimate of drug-likeness (QED) is 0.186. The third-order valence-electron chi connectivity index (χ3n) is 7.95. The maximum Gasteiger partial charge on any atom is 0.314 e. The molecule has 4 rings (SSSR count). The van der Waals surface area contributed by atoms with E-state index in [1.807, 2.05) is 80.8 Å². The third-order valence-corrected chi connectivity index (χ3v) is 8.67. The zero-order valence-corrected chi connectivity index (χ0v) is 27.6. The number of benzene rings is 3. The summed E-state index contributed by atoms with van der Waals surface area (Å²) in [5, 5.41) is 21.3. The second kappa shape index (κ2) is 15.4. The van der Waals surface area contributed by atoms with Crippen molar-refractivity contribution in [2.75, 3.05) is 24.7 Å². The van der Waals surface area contributed by atoms with Crippen LogP contribution in [0, 0.1) is 0 Å². The molecule has 0 unspecified atom stereocenters. The number of aryl methyl sites for hydroxylation is 1. The van der Waals surface area contributed by atoms with Crippen LogP contribution in [0.3, 0.4) is 0 Å². The smallest absolute Gasteiger partial charge is 0.314 e. The Labute approximate surface area is 270 Å². The van der Waals surface area contributed by atoms with Crippen molar-refractivity contribution in [1.82, 2.24) is 21.3 Å².